The van der Waals surface area contributed by atoms with Crippen molar-refractivity contribution in [1.82, 2.24) is 4.31 Å². The summed E-state index contributed by atoms with van der Waals surface area (Å²) >= 11 is 3.27. The molecule has 0 aliphatic carbocycles. The molecule has 0 saturated carbocycles. The minimum absolute atomic E-state index is 0.0623. The minimum Gasteiger partial charge on any atom is -0.481 e. The van der Waals surface area contributed by atoms with Crippen LogP contribution < -0.4 is 0 Å². The molecule has 106 valence electrons. The summed E-state index contributed by atoms with van der Waals surface area (Å²) in [4.78, 5) is 11.0. The number of benzene rings is 1. The highest BCUT2D eigenvalue weighted by atomic mass is 79.9. The van der Waals surface area contributed by atoms with E-state index in [1.54, 1.807) is 19.1 Å². The summed E-state index contributed by atoms with van der Waals surface area (Å²) in [6, 6.07) is 4.87. The zero-order valence-corrected chi connectivity index (χ0v) is 13.3. The lowest BCUT2D eigenvalue weighted by atomic mass is 10.2. The molecule has 0 aliphatic heterocycles. The van der Waals surface area contributed by atoms with Crippen molar-refractivity contribution in [3.8, 4) is 0 Å². The van der Waals surface area contributed by atoms with Crippen molar-refractivity contribution in [1.29, 1.82) is 0 Å². The maximum atomic E-state index is 12.3. The Balaban J connectivity index is 3.06. The number of rotatable bonds is 5. The molecule has 19 heavy (non-hydrogen) atoms. The van der Waals surface area contributed by atoms with Crippen molar-refractivity contribution in [2.45, 2.75) is 18.7 Å². The summed E-state index contributed by atoms with van der Waals surface area (Å²) in [5.74, 6) is -1.77. The van der Waals surface area contributed by atoms with Gasteiger partial charge in [0.2, 0.25) is 10.0 Å². The second-order valence-corrected chi connectivity index (χ2v) is 7.36. The van der Waals surface area contributed by atoms with Gasteiger partial charge < -0.3 is 5.11 Å². The summed E-state index contributed by atoms with van der Waals surface area (Å²) in [6.07, 6.45) is 0. The van der Waals surface area contributed by atoms with Gasteiger partial charge in [-0.15, -0.1) is 0 Å². The predicted molar refractivity (Wildman–Crippen MR) is 75.5 cm³/mol. The van der Waals surface area contributed by atoms with Gasteiger partial charge in [-0.25, -0.2) is 12.7 Å². The zero-order chi connectivity index (χ0) is 14.8. The molecule has 1 N–H and O–H groups in total. The van der Waals surface area contributed by atoms with Gasteiger partial charge in [0.1, 0.15) is 0 Å². The normalized spacial score (nSPS) is 13.5. The molecule has 0 radical (unpaired) electrons. The van der Waals surface area contributed by atoms with Crippen LogP contribution in [-0.2, 0) is 14.8 Å². The Morgan fingerprint density at radius 2 is 2.05 bits per heavy atom. The summed E-state index contributed by atoms with van der Waals surface area (Å²) in [5, 5.41) is 8.83. The fourth-order valence-corrected chi connectivity index (χ4v) is 3.57. The van der Waals surface area contributed by atoms with Gasteiger partial charge in [-0.05, 0) is 30.7 Å². The molecule has 1 atom stereocenters. The smallest absolute Gasteiger partial charge is 0.307 e. The van der Waals surface area contributed by atoms with E-state index < -0.39 is 21.9 Å². The highest BCUT2D eigenvalue weighted by molar-refractivity contribution is 9.10. The van der Waals surface area contributed by atoms with Crippen molar-refractivity contribution in [3.63, 3.8) is 0 Å². The van der Waals surface area contributed by atoms with E-state index >= 15 is 0 Å². The topological polar surface area (TPSA) is 74.7 Å². The van der Waals surface area contributed by atoms with Gasteiger partial charge in [0.25, 0.3) is 0 Å². The van der Waals surface area contributed by atoms with E-state index in [4.69, 9.17) is 5.11 Å². The number of carboxylic acids is 1. The van der Waals surface area contributed by atoms with Crippen LogP contribution >= 0.6 is 15.9 Å². The monoisotopic (exact) mass is 349 g/mol. The number of hydrogen-bond donors (Lipinski definition) is 1. The fraction of sp³-hybridized carbons (Fsp3) is 0.417. The molecule has 1 unspecified atom stereocenters. The molecule has 0 aliphatic rings. The van der Waals surface area contributed by atoms with Gasteiger partial charge >= 0.3 is 5.97 Å². The van der Waals surface area contributed by atoms with Crippen LogP contribution in [0.5, 0.6) is 0 Å². The molecule has 0 amide bonds. The molecule has 0 fully saturated rings. The largest absolute Gasteiger partial charge is 0.481 e. The number of carboxylic acid groups (broad SMARTS) is 1. The standard InChI is InChI=1S/C12H16BrNO4S/c1-8-6-10(13)4-5-11(8)19(17,18)14(3)7-9(2)12(15)16/h4-6,9H,7H2,1-3H3,(H,15,16). The number of aliphatic carboxylic acids is 1. The van der Waals surface area contributed by atoms with Crippen molar-refractivity contribution < 1.29 is 18.3 Å². The lowest BCUT2D eigenvalue weighted by Crippen LogP contribution is -2.34. The predicted octanol–water partition coefficient (Wildman–Crippen LogP) is 2.10. The Bertz CT molecular complexity index is 585. The molecule has 1 rings (SSSR count). The van der Waals surface area contributed by atoms with Crippen LogP contribution in [0.15, 0.2) is 27.6 Å². The van der Waals surface area contributed by atoms with Gasteiger partial charge in [0.05, 0.1) is 10.8 Å². The van der Waals surface area contributed by atoms with E-state index in [9.17, 15) is 13.2 Å². The Labute approximate surface area is 121 Å². The molecule has 0 spiro atoms. The number of hydrogen-bond acceptors (Lipinski definition) is 3. The van der Waals surface area contributed by atoms with E-state index in [0.717, 1.165) is 8.78 Å². The van der Waals surface area contributed by atoms with E-state index in [-0.39, 0.29) is 11.4 Å². The quantitative estimate of drug-likeness (QED) is 0.883. The molecule has 0 heterocycles. The van der Waals surface area contributed by atoms with E-state index in [1.165, 1.54) is 20.0 Å². The Morgan fingerprint density at radius 3 is 2.53 bits per heavy atom. The van der Waals surface area contributed by atoms with Crippen LogP contribution in [0.3, 0.4) is 0 Å². The molecular weight excluding hydrogens is 334 g/mol. The molecule has 1 aromatic rings. The lowest BCUT2D eigenvalue weighted by molar-refractivity contribution is -0.141. The molecule has 0 bridgehead atoms. The van der Waals surface area contributed by atoms with Crippen molar-refractivity contribution in [2.24, 2.45) is 5.92 Å². The first-order valence-electron chi connectivity index (χ1n) is 5.61. The van der Waals surface area contributed by atoms with Gasteiger partial charge in [-0.2, -0.15) is 0 Å². The maximum absolute atomic E-state index is 12.3. The summed E-state index contributed by atoms with van der Waals surface area (Å²) in [7, 11) is -2.28. The number of nitrogens with zero attached hydrogens (tertiary/aromatic N) is 1. The highest BCUT2D eigenvalue weighted by Crippen LogP contribution is 2.23. The van der Waals surface area contributed by atoms with Crippen molar-refractivity contribution in [2.75, 3.05) is 13.6 Å². The van der Waals surface area contributed by atoms with Crippen LogP contribution in [0.4, 0.5) is 0 Å². The lowest BCUT2D eigenvalue weighted by Gasteiger charge is -2.20. The number of halogens is 1. The van der Waals surface area contributed by atoms with Crippen LogP contribution in [0.2, 0.25) is 0 Å². The van der Waals surface area contributed by atoms with Crippen LogP contribution in [0.25, 0.3) is 0 Å². The number of carbonyl (C=O) groups is 1. The fourth-order valence-electron chi connectivity index (χ4n) is 1.63. The third-order valence-electron chi connectivity index (χ3n) is 2.78. The Morgan fingerprint density at radius 1 is 1.47 bits per heavy atom. The Kier molecular flexibility index (Phi) is 5.11. The van der Waals surface area contributed by atoms with Gasteiger partial charge in [0, 0.05) is 18.1 Å². The third-order valence-corrected chi connectivity index (χ3v) is 5.25. The van der Waals surface area contributed by atoms with Crippen LogP contribution in [-0.4, -0.2) is 37.4 Å². The molecule has 0 saturated heterocycles. The van der Waals surface area contributed by atoms with E-state index in [1.807, 2.05) is 0 Å². The van der Waals surface area contributed by atoms with E-state index in [2.05, 4.69) is 15.9 Å². The van der Waals surface area contributed by atoms with Crippen molar-refractivity contribution >= 4 is 31.9 Å². The zero-order valence-electron chi connectivity index (χ0n) is 10.9. The van der Waals surface area contributed by atoms with Crippen LogP contribution in [0.1, 0.15) is 12.5 Å². The first-order chi connectivity index (χ1) is 8.66. The average molecular weight is 350 g/mol. The molecule has 7 heteroatoms. The minimum atomic E-state index is -3.67. The summed E-state index contributed by atoms with van der Waals surface area (Å²) in [5.41, 5.74) is 0.615. The molecule has 1 aromatic carbocycles. The van der Waals surface area contributed by atoms with Gasteiger partial charge in [-0.1, -0.05) is 22.9 Å². The first-order valence-corrected chi connectivity index (χ1v) is 7.85. The summed E-state index contributed by atoms with van der Waals surface area (Å²) < 4.78 is 26.5. The van der Waals surface area contributed by atoms with Crippen molar-refractivity contribution in [3.05, 3.63) is 28.2 Å². The first kappa shape index (κ1) is 16.1. The van der Waals surface area contributed by atoms with E-state index in [0.29, 0.717) is 5.56 Å². The third kappa shape index (κ3) is 3.77. The second-order valence-electron chi connectivity index (χ2n) is 4.43. The molecule has 5 nitrogen and oxygen atoms in total. The van der Waals surface area contributed by atoms with Crippen LogP contribution in [0, 0.1) is 12.8 Å². The molecule has 0 aromatic heterocycles. The number of sulfonamides is 1. The Hall–Kier alpha value is -0.920. The van der Waals surface area contributed by atoms with Gasteiger partial charge in [0.15, 0.2) is 0 Å². The maximum Gasteiger partial charge on any atom is 0.307 e. The number of aryl methyl sites for hydroxylation is 1. The highest BCUT2D eigenvalue weighted by Gasteiger charge is 2.26. The SMILES string of the molecule is Cc1cc(Br)ccc1S(=O)(=O)N(C)CC(C)C(=O)O. The van der Waals surface area contributed by atoms with Gasteiger partial charge in [-0.3, -0.25) is 4.79 Å². The second kappa shape index (κ2) is 6.02. The average Bonchev–Trinajstić information content (AvgIpc) is 2.27. The summed E-state index contributed by atoms with van der Waals surface area (Å²) in [6.45, 7) is 3.11. The molecular formula is C12H16BrNO4S.